The number of halogens is 3. The van der Waals surface area contributed by atoms with E-state index < -0.39 is 5.79 Å². The van der Waals surface area contributed by atoms with Crippen molar-refractivity contribution < 1.29 is 19.3 Å². The average Bonchev–Trinajstić information content (AvgIpc) is 2.67. The maximum Gasteiger partial charge on any atom is 0.233 e. The summed E-state index contributed by atoms with van der Waals surface area (Å²) in [6, 6.07) is 0. The summed E-state index contributed by atoms with van der Waals surface area (Å²) >= 11 is 10.9. The Balaban J connectivity index is 2.73. The first-order chi connectivity index (χ1) is 13.9. The van der Waals surface area contributed by atoms with Gasteiger partial charge in [-0.15, -0.1) is 11.6 Å². The molecule has 0 bridgehead atoms. The van der Waals surface area contributed by atoms with Crippen LogP contribution >= 0.6 is 56.8 Å². The molecule has 1 N–H and O–H groups in total. The van der Waals surface area contributed by atoms with Crippen molar-refractivity contribution in [2.75, 3.05) is 26.4 Å². The monoisotopic (exact) mass is 650 g/mol. The molecule has 1 unspecified atom stereocenters. The number of aliphatic hydroxyl groups is 1. The van der Waals surface area contributed by atoms with Gasteiger partial charge in [-0.1, -0.05) is 19.1 Å². The molecule has 166 valence electrons. The smallest absolute Gasteiger partial charge is 0.233 e. The lowest BCUT2D eigenvalue weighted by Crippen LogP contribution is -2.39. The molecule has 1 fully saturated rings. The third-order valence-corrected chi connectivity index (χ3v) is 5.75. The van der Waals surface area contributed by atoms with Crippen molar-refractivity contribution in [3.8, 4) is 11.8 Å². The molecule has 0 aromatic heterocycles. The third-order valence-electron chi connectivity index (χ3n) is 4.39. The zero-order chi connectivity index (χ0) is 21.5. The first-order valence-corrected chi connectivity index (χ1v) is 12.8. The Morgan fingerprint density at radius 2 is 1.86 bits per heavy atom. The van der Waals surface area contributed by atoms with E-state index in [1.165, 1.54) is 0 Å². The van der Waals surface area contributed by atoms with Crippen LogP contribution in [0.2, 0.25) is 0 Å². The number of hydrogen-bond donors (Lipinski definition) is 1. The highest BCUT2D eigenvalue weighted by atomic mass is 127. The fraction of sp³-hybridized carbons (Fsp3) is 0.727. The van der Waals surface area contributed by atoms with Gasteiger partial charge in [0, 0.05) is 18.4 Å². The number of hydrogen-bond acceptors (Lipinski definition) is 4. The van der Waals surface area contributed by atoms with Crippen LogP contribution in [0.5, 0.6) is 0 Å². The van der Waals surface area contributed by atoms with E-state index in [1.54, 1.807) is 0 Å². The minimum atomic E-state index is -0.847. The molecule has 2 atom stereocenters. The van der Waals surface area contributed by atoms with Crippen LogP contribution in [0.15, 0.2) is 20.3 Å². The standard InChI is InChI=1S/C22H33ClI2O4/c1-18(24)7-3-4-11-22(28-15-6-16-29-22)12-10-21(27-14-5-13-26)9-8-20(23)17-19(2)25/h20-21,26H,1-9,11,13-17H2/t20-,21?/m1/s1. The van der Waals surface area contributed by atoms with Gasteiger partial charge in [-0.3, -0.25) is 0 Å². The topological polar surface area (TPSA) is 47.9 Å². The van der Waals surface area contributed by atoms with Crippen LogP contribution < -0.4 is 0 Å². The predicted molar refractivity (Wildman–Crippen MR) is 137 cm³/mol. The van der Waals surface area contributed by atoms with Crippen LogP contribution in [0.1, 0.15) is 57.8 Å². The van der Waals surface area contributed by atoms with Gasteiger partial charge in [-0.25, -0.2) is 0 Å². The van der Waals surface area contributed by atoms with Gasteiger partial charge < -0.3 is 19.3 Å². The van der Waals surface area contributed by atoms with Gasteiger partial charge in [0.05, 0.1) is 19.8 Å². The first-order valence-electron chi connectivity index (χ1n) is 10.2. The van der Waals surface area contributed by atoms with Crippen molar-refractivity contribution in [3.05, 3.63) is 20.3 Å². The van der Waals surface area contributed by atoms with E-state index in [2.05, 4.69) is 70.2 Å². The summed E-state index contributed by atoms with van der Waals surface area (Å²) in [5.41, 5.74) is 0. The Labute approximate surface area is 208 Å². The van der Waals surface area contributed by atoms with E-state index in [-0.39, 0.29) is 18.1 Å². The van der Waals surface area contributed by atoms with Crippen molar-refractivity contribution in [2.24, 2.45) is 0 Å². The number of ether oxygens (including phenoxy) is 3. The highest BCUT2D eigenvalue weighted by Crippen LogP contribution is 2.26. The highest BCUT2D eigenvalue weighted by Gasteiger charge is 2.32. The summed E-state index contributed by atoms with van der Waals surface area (Å²) in [4.78, 5) is 0. The van der Waals surface area contributed by atoms with E-state index in [1.807, 2.05) is 0 Å². The summed E-state index contributed by atoms with van der Waals surface area (Å²) in [6.45, 7) is 9.75. The van der Waals surface area contributed by atoms with Crippen LogP contribution in [0.4, 0.5) is 0 Å². The summed E-state index contributed by atoms with van der Waals surface area (Å²) in [7, 11) is 0. The maximum absolute atomic E-state index is 9.04. The third kappa shape index (κ3) is 13.6. The van der Waals surface area contributed by atoms with E-state index in [0.717, 1.165) is 58.5 Å². The normalized spacial score (nSPS) is 17.8. The van der Waals surface area contributed by atoms with Crippen LogP contribution in [-0.2, 0) is 14.2 Å². The lowest BCUT2D eigenvalue weighted by atomic mass is 10.0. The van der Waals surface area contributed by atoms with Crippen LogP contribution in [0.3, 0.4) is 0 Å². The largest absolute Gasteiger partial charge is 0.396 e. The molecule has 1 aliphatic rings. The molecule has 29 heavy (non-hydrogen) atoms. The Bertz CT molecular complexity index is 553. The first kappa shape index (κ1) is 27.7. The average molecular weight is 651 g/mol. The second-order valence-electron chi connectivity index (χ2n) is 7.13. The zero-order valence-corrected chi connectivity index (χ0v) is 22.1. The second kappa shape index (κ2) is 16.3. The molecule has 7 heteroatoms. The van der Waals surface area contributed by atoms with Gasteiger partial charge in [-0.2, -0.15) is 0 Å². The molecule has 1 saturated heterocycles. The van der Waals surface area contributed by atoms with E-state index >= 15 is 0 Å². The van der Waals surface area contributed by atoms with Crippen LogP contribution in [0.25, 0.3) is 0 Å². The predicted octanol–water partition coefficient (Wildman–Crippen LogP) is 6.13. The fourth-order valence-electron chi connectivity index (χ4n) is 2.88. The van der Waals surface area contributed by atoms with E-state index in [0.29, 0.717) is 26.2 Å². The Hall–Kier alpha value is 0.630. The van der Waals surface area contributed by atoms with Gasteiger partial charge in [0.1, 0.15) is 6.10 Å². The summed E-state index contributed by atoms with van der Waals surface area (Å²) < 4.78 is 20.0. The van der Waals surface area contributed by atoms with Gasteiger partial charge >= 0.3 is 0 Å². The van der Waals surface area contributed by atoms with E-state index in [9.17, 15) is 0 Å². The van der Waals surface area contributed by atoms with Gasteiger partial charge in [0.2, 0.25) is 5.79 Å². The molecule has 1 rings (SSSR count). The number of aliphatic hydroxyl groups excluding tert-OH is 1. The van der Waals surface area contributed by atoms with Crippen molar-refractivity contribution in [1.29, 1.82) is 0 Å². The molecule has 0 aromatic rings. The Kier molecular flexibility index (Phi) is 15.5. The number of unbranched alkanes of at least 4 members (excludes halogenated alkanes) is 1. The number of allylic oxidation sites excluding steroid dienone is 2. The minimum Gasteiger partial charge on any atom is -0.396 e. The number of alkyl halides is 1. The van der Waals surface area contributed by atoms with Crippen LogP contribution in [0, 0.1) is 11.8 Å². The van der Waals surface area contributed by atoms with E-state index in [4.69, 9.17) is 30.9 Å². The molecule has 1 aliphatic heterocycles. The lowest BCUT2D eigenvalue weighted by molar-refractivity contribution is -0.233. The maximum atomic E-state index is 9.04. The minimum absolute atomic E-state index is 0.0164. The fourth-order valence-corrected chi connectivity index (χ4v) is 4.37. The lowest BCUT2D eigenvalue weighted by Gasteiger charge is -2.33. The molecule has 0 spiro atoms. The summed E-state index contributed by atoms with van der Waals surface area (Å²) in [5, 5.41) is 9.05. The molecule has 0 saturated carbocycles. The SMILES string of the molecule is C=C(I)CCCCC1(C#CC(CC[C@@H](Cl)CC(=C)I)OCCCO)OCCCO1. The summed E-state index contributed by atoms with van der Waals surface area (Å²) in [5.74, 6) is 5.64. The van der Waals surface area contributed by atoms with Crippen molar-refractivity contribution in [1.82, 2.24) is 0 Å². The molecule has 4 nitrogen and oxygen atoms in total. The number of rotatable bonds is 14. The Morgan fingerprint density at radius 1 is 1.14 bits per heavy atom. The highest BCUT2D eigenvalue weighted by molar-refractivity contribution is 14.1. The second-order valence-corrected chi connectivity index (χ2v) is 10.8. The molecule has 0 aromatic carbocycles. The van der Waals surface area contributed by atoms with Crippen molar-refractivity contribution >= 4 is 56.8 Å². The molecule has 0 radical (unpaired) electrons. The van der Waals surface area contributed by atoms with Crippen LogP contribution in [-0.4, -0.2) is 48.8 Å². The summed E-state index contributed by atoms with van der Waals surface area (Å²) in [6.07, 6.45) is 7.24. The van der Waals surface area contributed by atoms with Gasteiger partial charge in [0.25, 0.3) is 0 Å². The zero-order valence-electron chi connectivity index (χ0n) is 17.1. The van der Waals surface area contributed by atoms with Crippen molar-refractivity contribution in [2.45, 2.75) is 75.1 Å². The molecule has 0 amide bonds. The Morgan fingerprint density at radius 3 is 2.48 bits per heavy atom. The molecular weight excluding hydrogens is 617 g/mol. The molecular formula is C22H33ClI2O4. The quantitative estimate of drug-likeness (QED) is 0.107. The molecule has 0 aliphatic carbocycles. The van der Waals surface area contributed by atoms with Gasteiger partial charge in [-0.05, 0) is 110 Å². The van der Waals surface area contributed by atoms with Crippen molar-refractivity contribution in [3.63, 3.8) is 0 Å². The molecule has 1 heterocycles. The van der Waals surface area contributed by atoms with Gasteiger partial charge in [0.15, 0.2) is 0 Å².